The summed E-state index contributed by atoms with van der Waals surface area (Å²) in [6, 6.07) is 17.0. The molecule has 1 unspecified atom stereocenters. The first-order valence-corrected chi connectivity index (χ1v) is 12.5. The van der Waals surface area contributed by atoms with Gasteiger partial charge in [-0.3, -0.25) is 4.79 Å². The summed E-state index contributed by atoms with van der Waals surface area (Å²) in [6.07, 6.45) is 6.57. The number of carbonyl (C=O) groups is 1. The predicted octanol–water partition coefficient (Wildman–Crippen LogP) is 5.11. The first-order valence-electron chi connectivity index (χ1n) is 12.5. The van der Waals surface area contributed by atoms with E-state index in [-0.39, 0.29) is 11.8 Å². The molecule has 1 fully saturated rings. The third-order valence-electron chi connectivity index (χ3n) is 7.02. The number of amides is 1. The molecule has 1 saturated heterocycles. The van der Waals surface area contributed by atoms with E-state index in [4.69, 9.17) is 10.1 Å². The summed E-state index contributed by atoms with van der Waals surface area (Å²) in [7, 11) is 0. The quantitative estimate of drug-likeness (QED) is 0.428. The molecular weight excluding hydrogens is 434 g/mol. The van der Waals surface area contributed by atoms with Gasteiger partial charge < -0.3 is 10.2 Å². The second-order valence-corrected chi connectivity index (χ2v) is 9.60. The van der Waals surface area contributed by atoms with Gasteiger partial charge in [0, 0.05) is 37.6 Å². The number of benzene rings is 2. The zero-order valence-electron chi connectivity index (χ0n) is 20.8. The van der Waals surface area contributed by atoms with E-state index in [1.165, 1.54) is 16.7 Å². The minimum absolute atomic E-state index is 0.0533. The van der Waals surface area contributed by atoms with E-state index in [1.807, 2.05) is 10.7 Å². The fourth-order valence-corrected chi connectivity index (χ4v) is 4.99. The van der Waals surface area contributed by atoms with Crippen LogP contribution < -0.4 is 10.2 Å². The molecule has 1 aliphatic rings. The van der Waals surface area contributed by atoms with Crippen molar-refractivity contribution in [3.63, 3.8) is 0 Å². The molecule has 0 bridgehead atoms. The zero-order valence-corrected chi connectivity index (χ0v) is 20.8. The van der Waals surface area contributed by atoms with Gasteiger partial charge in [0.1, 0.15) is 5.52 Å². The fraction of sp³-hybridized carbons (Fsp3) is 0.345. The molecule has 1 atom stereocenters. The number of piperidine rings is 1. The van der Waals surface area contributed by atoms with Crippen molar-refractivity contribution in [1.82, 2.24) is 19.9 Å². The van der Waals surface area contributed by atoms with Crippen molar-refractivity contribution in [2.45, 2.75) is 46.6 Å². The summed E-state index contributed by atoms with van der Waals surface area (Å²) in [4.78, 5) is 20.0. The lowest BCUT2D eigenvalue weighted by atomic mass is 9.97. The van der Waals surface area contributed by atoms with E-state index < -0.39 is 0 Å². The summed E-state index contributed by atoms with van der Waals surface area (Å²) in [5.41, 5.74) is 7.94. The highest BCUT2D eigenvalue weighted by atomic mass is 16.1. The van der Waals surface area contributed by atoms with Crippen LogP contribution in [0.1, 0.15) is 42.0 Å². The van der Waals surface area contributed by atoms with Crippen LogP contribution >= 0.6 is 0 Å². The maximum absolute atomic E-state index is 13.0. The van der Waals surface area contributed by atoms with Gasteiger partial charge in [0.15, 0.2) is 5.82 Å². The van der Waals surface area contributed by atoms with Crippen LogP contribution in [0, 0.1) is 19.8 Å². The van der Waals surface area contributed by atoms with Crippen molar-refractivity contribution in [3.8, 4) is 11.3 Å². The number of nitrogens with one attached hydrogen (secondary N) is 1. The van der Waals surface area contributed by atoms with Crippen molar-refractivity contribution < 1.29 is 4.79 Å². The Morgan fingerprint density at radius 1 is 1.09 bits per heavy atom. The number of rotatable bonds is 6. The number of aryl methyl sites for hydroxylation is 3. The van der Waals surface area contributed by atoms with Crippen molar-refractivity contribution in [2.24, 2.45) is 5.92 Å². The predicted molar refractivity (Wildman–Crippen MR) is 141 cm³/mol. The first-order chi connectivity index (χ1) is 17.0. The normalized spacial score (nSPS) is 16.0. The van der Waals surface area contributed by atoms with Gasteiger partial charge in [0.05, 0.1) is 11.6 Å². The van der Waals surface area contributed by atoms with Gasteiger partial charge >= 0.3 is 0 Å². The average molecular weight is 468 g/mol. The van der Waals surface area contributed by atoms with E-state index in [2.05, 4.69) is 79.5 Å². The molecule has 1 aliphatic heterocycles. The highest BCUT2D eigenvalue weighted by Gasteiger charge is 2.27. The smallest absolute Gasteiger partial charge is 0.225 e. The van der Waals surface area contributed by atoms with Crippen LogP contribution in [0.3, 0.4) is 0 Å². The SMILES string of the molecule is CCc1ccc(CNC(=O)C2CCCN(c3nccn4nc(-c5ccc(C)cc5C)cc34)C2)cc1. The van der Waals surface area contributed by atoms with E-state index in [1.54, 1.807) is 6.20 Å². The lowest BCUT2D eigenvalue weighted by Crippen LogP contribution is -2.43. The van der Waals surface area contributed by atoms with Crippen LogP contribution in [-0.4, -0.2) is 33.6 Å². The molecule has 1 N–H and O–H groups in total. The van der Waals surface area contributed by atoms with Crippen LogP contribution in [0.15, 0.2) is 60.9 Å². The molecule has 2 aromatic carbocycles. The van der Waals surface area contributed by atoms with Gasteiger partial charge in [0.25, 0.3) is 0 Å². The average Bonchev–Trinajstić information content (AvgIpc) is 3.31. The first kappa shape index (κ1) is 23.1. The minimum atomic E-state index is -0.0533. The Bertz CT molecular complexity index is 1340. The molecular formula is C29H33N5O. The number of nitrogens with zero attached hydrogens (tertiary/aromatic N) is 4. The van der Waals surface area contributed by atoms with Gasteiger partial charge in [-0.25, -0.2) is 9.50 Å². The Morgan fingerprint density at radius 2 is 1.89 bits per heavy atom. The van der Waals surface area contributed by atoms with Crippen molar-refractivity contribution in [1.29, 1.82) is 0 Å². The zero-order chi connectivity index (χ0) is 24.4. The molecule has 0 spiro atoms. The van der Waals surface area contributed by atoms with Crippen molar-refractivity contribution in [2.75, 3.05) is 18.0 Å². The van der Waals surface area contributed by atoms with Crippen LogP contribution in [0.2, 0.25) is 0 Å². The Morgan fingerprint density at radius 3 is 2.66 bits per heavy atom. The maximum atomic E-state index is 13.0. The van der Waals surface area contributed by atoms with E-state index in [9.17, 15) is 4.79 Å². The topological polar surface area (TPSA) is 62.5 Å². The van der Waals surface area contributed by atoms with Gasteiger partial charge in [-0.2, -0.15) is 5.10 Å². The molecule has 0 aliphatic carbocycles. The Labute approximate surface area is 207 Å². The molecule has 2 aromatic heterocycles. The third kappa shape index (κ3) is 4.92. The molecule has 180 valence electrons. The van der Waals surface area contributed by atoms with Crippen LogP contribution in [0.25, 0.3) is 16.8 Å². The highest BCUT2D eigenvalue weighted by molar-refractivity contribution is 5.81. The molecule has 3 heterocycles. The number of aromatic nitrogens is 3. The number of hydrogen-bond acceptors (Lipinski definition) is 4. The number of carbonyl (C=O) groups excluding carboxylic acids is 1. The summed E-state index contributed by atoms with van der Waals surface area (Å²) in [6.45, 7) is 8.49. The number of anilines is 1. The van der Waals surface area contributed by atoms with E-state index in [0.29, 0.717) is 13.1 Å². The Balaban J connectivity index is 1.32. The second-order valence-electron chi connectivity index (χ2n) is 9.60. The fourth-order valence-electron chi connectivity index (χ4n) is 4.99. The summed E-state index contributed by atoms with van der Waals surface area (Å²) >= 11 is 0. The van der Waals surface area contributed by atoms with Crippen LogP contribution in [-0.2, 0) is 17.8 Å². The molecule has 0 radical (unpaired) electrons. The van der Waals surface area contributed by atoms with Gasteiger partial charge in [0.2, 0.25) is 5.91 Å². The van der Waals surface area contributed by atoms with Crippen LogP contribution in [0.5, 0.6) is 0 Å². The standard InChI is InChI=1S/C29H33N5O/c1-4-22-8-10-23(11-9-22)18-31-29(35)24-6-5-14-33(19-24)28-27-17-26(32-34(27)15-13-30-28)25-12-7-20(2)16-21(25)3/h7-13,15-17,24H,4-6,14,18-19H2,1-3H3,(H,31,35). The minimum Gasteiger partial charge on any atom is -0.354 e. The second kappa shape index (κ2) is 9.90. The van der Waals surface area contributed by atoms with Crippen molar-refractivity contribution in [3.05, 3.63) is 83.2 Å². The Kier molecular flexibility index (Phi) is 6.53. The lowest BCUT2D eigenvalue weighted by Gasteiger charge is -2.33. The molecule has 4 aromatic rings. The number of hydrogen-bond donors (Lipinski definition) is 1. The van der Waals surface area contributed by atoms with Gasteiger partial charge in [-0.05, 0) is 55.9 Å². The van der Waals surface area contributed by atoms with E-state index >= 15 is 0 Å². The highest BCUT2D eigenvalue weighted by Crippen LogP contribution is 2.30. The summed E-state index contributed by atoms with van der Waals surface area (Å²) < 4.78 is 1.90. The molecule has 5 rings (SSSR count). The molecule has 1 amide bonds. The summed E-state index contributed by atoms with van der Waals surface area (Å²) in [5, 5.41) is 7.98. The molecule has 0 saturated carbocycles. The van der Waals surface area contributed by atoms with Gasteiger partial charge in [-0.1, -0.05) is 55.0 Å². The lowest BCUT2D eigenvalue weighted by molar-refractivity contribution is -0.125. The third-order valence-corrected chi connectivity index (χ3v) is 7.02. The summed E-state index contributed by atoms with van der Waals surface area (Å²) in [5.74, 6) is 0.955. The maximum Gasteiger partial charge on any atom is 0.225 e. The van der Waals surface area contributed by atoms with Crippen molar-refractivity contribution >= 4 is 17.2 Å². The molecule has 6 nitrogen and oxygen atoms in total. The van der Waals surface area contributed by atoms with Crippen LogP contribution in [0.4, 0.5) is 5.82 Å². The number of fused-ring (bicyclic) bond motifs is 1. The molecule has 6 heteroatoms. The monoisotopic (exact) mass is 467 g/mol. The van der Waals surface area contributed by atoms with E-state index in [0.717, 1.165) is 54.0 Å². The van der Waals surface area contributed by atoms with Gasteiger partial charge in [-0.15, -0.1) is 0 Å². The largest absolute Gasteiger partial charge is 0.354 e. The Hall–Kier alpha value is -3.67. The molecule has 35 heavy (non-hydrogen) atoms.